The van der Waals surface area contributed by atoms with Crippen molar-refractivity contribution in [3.63, 3.8) is 0 Å². The molecule has 2 fully saturated rings. The van der Waals surface area contributed by atoms with Gasteiger partial charge in [-0.05, 0) is 88.3 Å². The zero-order valence-electron chi connectivity index (χ0n) is 36.6. The van der Waals surface area contributed by atoms with Crippen LogP contribution in [0.5, 0.6) is 0 Å². The first-order valence-electron chi connectivity index (χ1n) is 20.3. The van der Waals surface area contributed by atoms with Crippen molar-refractivity contribution < 1.29 is 0 Å². The third-order valence-corrected chi connectivity index (χ3v) is 6.92. The largest absolute Gasteiger partial charge is 0.331 e. The molecule has 0 aromatic heterocycles. The summed E-state index contributed by atoms with van der Waals surface area (Å²) in [7, 11) is 0. The van der Waals surface area contributed by atoms with Crippen LogP contribution in [0.15, 0.2) is 36.5 Å². The summed E-state index contributed by atoms with van der Waals surface area (Å²) in [6, 6.07) is 0. The van der Waals surface area contributed by atoms with Crippen LogP contribution in [0.25, 0.3) is 0 Å². The third kappa shape index (κ3) is 76.3. The summed E-state index contributed by atoms with van der Waals surface area (Å²) in [6.07, 6.45) is 27.1. The molecule has 3 atom stereocenters. The molecule has 3 nitrogen and oxygen atoms in total. The Labute approximate surface area is 303 Å². The molecular formula is C44H99N3. The summed E-state index contributed by atoms with van der Waals surface area (Å²) in [5.41, 5.74) is 11.9. The van der Waals surface area contributed by atoms with Crippen molar-refractivity contribution in [2.75, 3.05) is 13.1 Å². The molecule has 0 bridgehead atoms. The molecule has 290 valence electrons. The topological polar surface area (TPSA) is 75.9 Å². The lowest BCUT2D eigenvalue weighted by molar-refractivity contribution is 0.253. The van der Waals surface area contributed by atoms with Crippen molar-refractivity contribution in [1.29, 1.82) is 5.41 Å². The SMILES string of the molecule is C1CCC1.C=C(C)/C=C\C.CC.CC.CC.CC.CCC(C)CN.CCC1CCC(C)(CC(C)C)C1.CCCC/C=C\C=N.CCN. The van der Waals surface area contributed by atoms with E-state index in [-0.39, 0.29) is 0 Å². The van der Waals surface area contributed by atoms with Gasteiger partial charge in [0, 0.05) is 6.21 Å². The van der Waals surface area contributed by atoms with E-state index in [0.29, 0.717) is 11.3 Å². The Hall–Kier alpha value is -1.19. The molecule has 2 aliphatic carbocycles. The van der Waals surface area contributed by atoms with E-state index < -0.39 is 0 Å². The predicted octanol–water partition coefficient (Wildman–Crippen LogP) is 15.4. The number of nitrogens with one attached hydrogen (secondary N) is 1. The van der Waals surface area contributed by atoms with Crippen LogP contribution in [0, 0.1) is 28.6 Å². The van der Waals surface area contributed by atoms with Crippen molar-refractivity contribution in [3.05, 3.63) is 36.5 Å². The molecule has 0 aromatic carbocycles. The van der Waals surface area contributed by atoms with E-state index in [9.17, 15) is 0 Å². The number of nitrogens with two attached hydrogens (primary N) is 2. The average Bonchev–Trinajstić information content (AvgIpc) is 3.43. The maximum atomic E-state index is 6.63. The second kappa shape index (κ2) is 63.5. The Morgan fingerprint density at radius 2 is 1.34 bits per heavy atom. The Kier molecular flexibility index (Phi) is 86.9. The molecule has 2 saturated carbocycles. The molecule has 2 rings (SSSR count). The summed E-state index contributed by atoms with van der Waals surface area (Å²) in [4.78, 5) is 0. The Morgan fingerprint density at radius 3 is 1.53 bits per heavy atom. The highest BCUT2D eigenvalue weighted by Crippen LogP contribution is 2.46. The average molecular weight is 670 g/mol. The first-order valence-corrected chi connectivity index (χ1v) is 20.3. The standard InChI is InChI=1S/C12H24.C7H13N.C6H10.C5H13N.C4H8.C2H7N.4C2H6/c1-5-11-6-7-12(4,9-11)8-10(2)3;1-2-3-4-5-6-7-8;1-4-5-6(2)3;1-3-5(2)4-6;1-2-4-3-1;1-2-3;4*1-2/h10-11H,5-9H2,1-4H3;5-8H,2-4H2,1H3;4-5H,2H2,1,3H3;5H,3-4,6H2,1-2H3;1-4H2;2-3H2,1H3;4*1-2H3/b;6-5-,8-7?;5-4-;;;;;;;. The molecule has 0 saturated heterocycles. The highest BCUT2D eigenvalue weighted by molar-refractivity contribution is 5.67. The molecule has 0 heterocycles. The van der Waals surface area contributed by atoms with E-state index in [1.54, 1.807) is 6.08 Å². The summed E-state index contributed by atoms with van der Waals surface area (Å²) in [5, 5.41) is 6.63. The maximum absolute atomic E-state index is 6.63. The fourth-order valence-corrected chi connectivity index (χ4v) is 4.16. The van der Waals surface area contributed by atoms with Crippen molar-refractivity contribution in [1.82, 2.24) is 0 Å². The molecule has 0 aliphatic heterocycles. The lowest BCUT2D eigenvalue weighted by Crippen LogP contribution is -2.14. The number of rotatable bonds is 10. The van der Waals surface area contributed by atoms with E-state index in [1.165, 1.54) is 83.3 Å². The van der Waals surface area contributed by atoms with E-state index >= 15 is 0 Å². The van der Waals surface area contributed by atoms with Crippen molar-refractivity contribution in [3.8, 4) is 0 Å². The van der Waals surface area contributed by atoms with Crippen LogP contribution in [-0.2, 0) is 0 Å². The van der Waals surface area contributed by atoms with E-state index in [0.717, 1.165) is 36.9 Å². The van der Waals surface area contributed by atoms with Gasteiger partial charge >= 0.3 is 0 Å². The van der Waals surface area contributed by atoms with Gasteiger partial charge in [-0.3, -0.25) is 0 Å². The van der Waals surface area contributed by atoms with Crippen LogP contribution in [0.2, 0.25) is 0 Å². The van der Waals surface area contributed by atoms with Gasteiger partial charge in [-0.15, -0.1) is 0 Å². The maximum Gasteiger partial charge on any atom is 0.0174 e. The van der Waals surface area contributed by atoms with Crippen LogP contribution < -0.4 is 11.5 Å². The van der Waals surface area contributed by atoms with Gasteiger partial charge < -0.3 is 16.9 Å². The van der Waals surface area contributed by atoms with Gasteiger partial charge in [-0.2, -0.15) is 0 Å². The smallest absolute Gasteiger partial charge is 0.0174 e. The summed E-state index contributed by atoms with van der Waals surface area (Å²) < 4.78 is 0. The number of unbranched alkanes of at least 4 members (excludes halogenated alkanes) is 2. The minimum absolute atomic E-state index is 0.689. The second-order valence-corrected chi connectivity index (χ2v) is 12.1. The molecule has 0 radical (unpaired) electrons. The summed E-state index contributed by atoms with van der Waals surface area (Å²) >= 11 is 0. The Balaban J connectivity index is -0.0000000646. The number of hydrogen-bond acceptors (Lipinski definition) is 3. The normalized spacial score (nSPS) is 17.0. The molecule has 2 aliphatic rings. The predicted molar refractivity (Wildman–Crippen MR) is 229 cm³/mol. The van der Waals surface area contributed by atoms with Crippen LogP contribution in [-0.4, -0.2) is 19.3 Å². The van der Waals surface area contributed by atoms with Gasteiger partial charge in [0.2, 0.25) is 0 Å². The van der Waals surface area contributed by atoms with Crippen molar-refractivity contribution in [2.45, 2.75) is 208 Å². The first kappa shape index (κ1) is 64.3. The van der Waals surface area contributed by atoms with Crippen LogP contribution in [0.4, 0.5) is 0 Å². The zero-order valence-corrected chi connectivity index (χ0v) is 36.6. The van der Waals surface area contributed by atoms with Gasteiger partial charge in [0.15, 0.2) is 0 Å². The number of allylic oxidation sites excluding steroid dienone is 5. The van der Waals surface area contributed by atoms with Gasteiger partial charge in [0.05, 0.1) is 0 Å². The Bertz CT molecular complexity index is 538. The Morgan fingerprint density at radius 1 is 0.894 bits per heavy atom. The van der Waals surface area contributed by atoms with Crippen molar-refractivity contribution in [2.24, 2.45) is 34.6 Å². The van der Waals surface area contributed by atoms with E-state index in [1.807, 2.05) is 94.4 Å². The summed E-state index contributed by atoms with van der Waals surface area (Å²) in [6.45, 7) is 43.1. The van der Waals surface area contributed by atoms with Gasteiger partial charge in [0.25, 0.3) is 0 Å². The van der Waals surface area contributed by atoms with Crippen LogP contribution >= 0.6 is 0 Å². The first-order chi connectivity index (χ1) is 22.5. The lowest BCUT2D eigenvalue weighted by atomic mass is 9.80. The molecular weight excluding hydrogens is 571 g/mol. The molecule has 47 heavy (non-hydrogen) atoms. The minimum Gasteiger partial charge on any atom is -0.331 e. The minimum atomic E-state index is 0.689. The fraction of sp³-hybridized carbons (Fsp3) is 0.841. The highest BCUT2D eigenvalue weighted by Gasteiger charge is 2.34. The zero-order chi connectivity index (χ0) is 39.0. The molecule has 3 unspecified atom stereocenters. The molecule has 0 spiro atoms. The molecule has 3 heteroatoms. The monoisotopic (exact) mass is 670 g/mol. The highest BCUT2D eigenvalue weighted by atomic mass is 14.5. The number of hydrogen-bond donors (Lipinski definition) is 3. The van der Waals surface area contributed by atoms with E-state index in [4.69, 9.17) is 16.9 Å². The van der Waals surface area contributed by atoms with Crippen LogP contribution in [0.1, 0.15) is 208 Å². The van der Waals surface area contributed by atoms with Crippen molar-refractivity contribution >= 4 is 6.21 Å². The fourth-order valence-electron chi connectivity index (χ4n) is 4.16. The second-order valence-electron chi connectivity index (χ2n) is 12.1. The van der Waals surface area contributed by atoms with Gasteiger partial charge in [-0.25, -0.2) is 0 Å². The van der Waals surface area contributed by atoms with E-state index in [2.05, 4.69) is 55.0 Å². The van der Waals surface area contributed by atoms with Gasteiger partial charge in [-0.1, -0.05) is 193 Å². The lowest BCUT2D eigenvalue weighted by Gasteiger charge is -2.26. The molecule has 0 aromatic rings. The van der Waals surface area contributed by atoms with Crippen LogP contribution in [0.3, 0.4) is 0 Å². The quantitative estimate of drug-likeness (QED) is 0.123. The summed E-state index contributed by atoms with van der Waals surface area (Å²) in [5.74, 6) is 2.63. The molecule has 0 amide bonds. The van der Waals surface area contributed by atoms with Gasteiger partial charge in [0.1, 0.15) is 0 Å². The third-order valence-electron chi connectivity index (χ3n) is 6.92. The molecule has 5 N–H and O–H groups in total.